The van der Waals surface area contributed by atoms with E-state index in [0.29, 0.717) is 6.04 Å². The maximum atomic E-state index is 12.4. The first-order chi connectivity index (χ1) is 11.7. The highest BCUT2D eigenvalue weighted by Crippen LogP contribution is 2.21. The average molecular weight is 343 g/mol. The highest BCUT2D eigenvalue weighted by molar-refractivity contribution is 7.15. The summed E-state index contributed by atoms with van der Waals surface area (Å²) in [4.78, 5) is 20.3. The van der Waals surface area contributed by atoms with E-state index in [2.05, 4.69) is 10.00 Å². The van der Waals surface area contributed by atoms with Crippen LogP contribution < -0.4 is 5.56 Å². The molecule has 1 unspecified atom stereocenters. The van der Waals surface area contributed by atoms with E-state index in [9.17, 15) is 4.79 Å². The van der Waals surface area contributed by atoms with Crippen LogP contribution in [-0.4, -0.2) is 36.7 Å². The van der Waals surface area contributed by atoms with Gasteiger partial charge in [0.1, 0.15) is 0 Å². The molecule has 24 heavy (non-hydrogen) atoms. The minimum absolute atomic E-state index is 0.0226. The molecular formula is C17H21N5OS. The number of aryl methyl sites for hydroxylation is 1. The van der Waals surface area contributed by atoms with Crippen molar-refractivity contribution in [2.24, 2.45) is 0 Å². The zero-order valence-electron chi connectivity index (χ0n) is 13.8. The van der Waals surface area contributed by atoms with Crippen molar-refractivity contribution in [3.63, 3.8) is 0 Å². The van der Waals surface area contributed by atoms with Crippen molar-refractivity contribution in [3.8, 4) is 0 Å². The molecule has 0 aromatic carbocycles. The van der Waals surface area contributed by atoms with E-state index in [0.717, 1.165) is 36.0 Å². The summed E-state index contributed by atoms with van der Waals surface area (Å²) in [5.41, 5.74) is 1.84. The zero-order chi connectivity index (χ0) is 16.5. The smallest absolute Gasteiger partial charge is 0.259 e. The molecule has 6 nitrogen and oxygen atoms in total. The number of aromatic nitrogens is 4. The molecular weight excluding hydrogens is 322 g/mol. The van der Waals surface area contributed by atoms with Crippen LogP contribution in [0.3, 0.4) is 0 Å². The van der Waals surface area contributed by atoms with Crippen LogP contribution in [-0.2, 0) is 13.1 Å². The third-order valence-electron chi connectivity index (χ3n) is 4.70. The molecule has 0 amide bonds. The molecule has 0 aliphatic carbocycles. The first kappa shape index (κ1) is 15.5. The number of likely N-dealkylation sites (tertiary alicyclic amines) is 1. The molecule has 1 aliphatic heterocycles. The van der Waals surface area contributed by atoms with Gasteiger partial charge in [0.05, 0.1) is 12.2 Å². The fraction of sp³-hybridized carbons (Fsp3) is 0.471. The van der Waals surface area contributed by atoms with E-state index in [1.807, 2.05) is 35.4 Å². The molecule has 0 spiro atoms. The Hall–Kier alpha value is -1.99. The second kappa shape index (κ2) is 6.49. The van der Waals surface area contributed by atoms with Gasteiger partial charge in [-0.05, 0) is 32.4 Å². The average Bonchev–Trinajstić information content (AvgIpc) is 3.19. The Bertz CT molecular complexity index is 882. The molecule has 3 aromatic rings. The predicted molar refractivity (Wildman–Crippen MR) is 94.4 cm³/mol. The molecule has 1 aliphatic rings. The van der Waals surface area contributed by atoms with Crippen LogP contribution in [0.15, 0.2) is 34.7 Å². The van der Waals surface area contributed by atoms with E-state index in [4.69, 9.17) is 4.98 Å². The van der Waals surface area contributed by atoms with Crippen LogP contribution in [0.2, 0.25) is 0 Å². The molecule has 0 radical (unpaired) electrons. The molecule has 0 bridgehead atoms. The van der Waals surface area contributed by atoms with Crippen LogP contribution in [0.1, 0.15) is 30.7 Å². The SMILES string of the molecule is Cc1csc2nc(CN3CCCCC3Cn3cccn3)cc(=O)n12. The molecule has 1 fully saturated rings. The number of fused-ring (bicyclic) bond motifs is 1. The van der Waals surface area contributed by atoms with Crippen molar-refractivity contribution in [2.75, 3.05) is 6.54 Å². The summed E-state index contributed by atoms with van der Waals surface area (Å²) in [5.74, 6) is 0. The minimum Gasteiger partial charge on any atom is -0.293 e. The van der Waals surface area contributed by atoms with Crippen LogP contribution in [0, 0.1) is 6.92 Å². The van der Waals surface area contributed by atoms with E-state index >= 15 is 0 Å². The molecule has 3 aromatic heterocycles. The number of piperidine rings is 1. The Morgan fingerprint density at radius 2 is 2.29 bits per heavy atom. The van der Waals surface area contributed by atoms with Gasteiger partial charge in [0.25, 0.3) is 5.56 Å². The van der Waals surface area contributed by atoms with Gasteiger partial charge in [-0.1, -0.05) is 6.42 Å². The fourth-order valence-electron chi connectivity index (χ4n) is 3.49. The lowest BCUT2D eigenvalue weighted by Crippen LogP contribution is -2.42. The second-order valence-corrected chi connectivity index (χ2v) is 7.27. The van der Waals surface area contributed by atoms with E-state index in [1.54, 1.807) is 10.5 Å². The van der Waals surface area contributed by atoms with E-state index in [-0.39, 0.29) is 5.56 Å². The third-order valence-corrected chi connectivity index (χ3v) is 5.64. The molecule has 1 atom stereocenters. The highest BCUT2D eigenvalue weighted by Gasteiger charge is 2.23. The van der Waals surface area contributed by atoms with Crippen molar-refractivity contribution >= 4 is 16.3 Å². The molecule has 7 heteroatoms. The first-order valence-corrected chi connectivity index (χ1v) is 9.27. The molecule has 126 valence electrons. The summed E-state index contributed by atoms with van der Waals surface area (Å²) in [6.07, 6.45) is 7.45. The number of thiazole rings is 1. The molecule has 0 saturated carbocycles. The van der Waals surface area contributed by atoms with Gasteiger partial charge in [-0.2, -0.15) is 5.10 Å². The summed E-state index contributed by atoms with van der Waals surface area (Å²) < 4.78 is 3.68. The number of hydrogen-bond acceptors (Lipinski definition) is 5. The Morgan fingerprint density at radius 3 is 3.12 bits per heavy atom. The van der Waals surface area contributed by atoms with Gasteiger partial charge in [0.2, 0.25) is 0 Å². The fourth-order valence-corrected chi connectivity index (χ4v) is 4.38. The summed E-state index contributed by atoms with van der Waals surface area (Å²) in [6.45, 7) is 4.62. The van der Waals surface area contributed by atoms with Gasteiger partial charge in [0.15, 0.2) is 4.96 Å². The summed E-state index contributed by atoms with van der Waals surface area (Å²) in [6, 6.07) is 4.10. The van der Waals surface area contributed by atoms with Crippen LogP contribution >= 0.6 is 11.3 Å². The van der Waals surface area contributed by atoms with Crippen LogP contribution in [0.4, 0.5) is 0 Å². The van der Waals surface area contributed by atoms with Crippen molar-refractivity contribution in [2.45, 2.75) is 45.3 Å². The summed E-state index contributed by atoms with van der Waals surface area (Å²) >= 11 is 1.53. The van der Waals surface area contributed by atoms with Crippen molar-refractivity contribution < 1.29 is 0 Å². The highest BCUT2D eigenvalue weighted by atomic mass is 32.1. The van der Waals surface area contributed by atoms with Gasteiger partial charge in [0, 0.05) is 42.1 Å². The second-order valence-electron chi connectivity index (χ2n) is 6.43. The number of nitrogens with zero attached hydrogens (tertiary/aromatic N) is 5. The lowest BCUT2D eigenvalue weighted by molar-refractivity contribution is 0.120. The standard InChI is InChI=1S/C17H21N5OS/c1-13-12-24-17-19-14(9-16(23)22(13)17)10-20-7-3-2-5-15(20)11-21-8-4-6-18-21/h4,6,8-9,12,15H,2-3,5,7,10-11H2,1H3. The van der Waals surface area contributed by atoms with Crippen LogP contribution in [0.25, 0.3) is 4.96 Å². The van der Waals surface area contributed by atoms with Gasteiger partial charge in [-0.25, -0.2) is 4.98 Å². The predicted octanol–water partition coefficient (Wildman–Crippen LogP) is 2.32. The number of hydrogen-bond donors (Lipinski definition) is 0. The molecule has 4 heterocycles. The van der Waals surface area contributed by atoms with Gasteiger partial charge in [-0.3, -0.25) is 18.8 Å². The zero-order valence-corrected chi connectivity index (χ0v) is 14.6. The Balaban J connectivity index is 1.57. The van der Waals surface area contributed by atoms with Crippen molar-refractivity contribution in [3.05, 3.63) is 51.6 Å². The van der Waals surface area contributed by atoms with Crippen molar-refractivity contribution in [1.29, 1.82) is 0 Å². The van der Waals surface area contributed by atoms with Gasteiger partial charge < -0.3 is 0 Å². The third kappa shape index (κ3) is 3.01. The minimum atomic E-state index is 0.0226. The largest absolute Gasteiger partial charge is 0.293 e. The molecule has 0 N–H and O–H groups in total. The first-order valence-electron chi connectivity index (χ1n) is 8.39. The molecule has 1 saturated heterocycles. The van der Waals surface area contributed by atoms with Gasteiger partial charge >= 0.3 is 0 Å². The van der Waals surface area contributed by atoms with Crippen LogP contribution in [0.5, 0.6) is 0 Å². The Labute approximate surface area is 144 Å². The molecule has 4 rings (SSSR count). The lowest BCUT2D eigenvalue weighted by atomic mass is 10.0. The number of rotatable bonds is 4. The summed E-state index contributed by atoms with van der Waals surface area (Å²) in [5, 5.41) is 6.31. The Kier molecular flexibility index (Phi) is 4.20. The Morgan fingerprint density at radius 1 is 1.38 bits per heavy atom. The van der Waals surface area contributed by atoms with E-state index in [1.165, 1.54) is 30.6 Å². The summed E-state index contributed by atoms with van der Waals surface area (Å²) in [7, 11) is 0. The normalized spacial score (nSPS) is 19.1. The lowest BCUT2D eigenvalue weighted by Gasteiger charge is -2.35. The maximum Gasteiger partial charge on any atom is 0.259 e. The monoisotopic (exact) mass is 343 g/mol. The van der Waals surface area contributed by atoms with Gasteiger partial charge in [-0.15, -0.1) is 11.3 Å². The van der Waals surface area contributed by atoms with E-state index < -0.39 is 0 Å². The maximum absolute atomic E-state index is 12.4. The topological polar surface area (TPSA) is 55.4 Å². The van der Waals surface area contributed by atoms with Crippen molar-refractivity contribution in [1.82, 2.24) is 24.1 Å². The quantitative estimate of drug-likeness (QED) is 0.729.